The lowest BCUT2D eigenvalue weighted by Gasteiger charge is -2.22. The van der Waals surface area contributed by atoms with Crippen molar-refractivity contribution in [2.75, 3.05) is 6.61 Å². The minimum Gasteiger partial charge on any atom is -0.481 e. The number of allylic oxidation sites excluding steroid dienone is 2. The summed E-state index contributed by atoms with van der Waals surface area (Å²) in [6, 6.07) is 0. The number of carboxylic acid groups (broad SMARTS) is 1. The van der Waals surface area contributed by atoms with E-state index < -0.39 is 17.8 Å². The third kappa shape index (κ3) is 2.21. The molecule has 1 N–H and O–H groups in total. The van der Waals surface area contributed by atoms with Crippen molar-refractivity contribution in [2.24, 2.45) is 23.7 Å². The van der Waals surface area contributed by atoms with Crippen LogP contribution in [0.4, 0.5) is 0 Å². The fourth-order valence-corrected chi connectivity index (χ4v) is 2.89. The summed E-state index contributed by atoms with van der Waals surface area (Å²) >= 11 is 0. The van der Waals surface area contributed by atoms with Crippen LogP contribution in [0.1, 0.15) is 26.2 Å². The molecular formula is C13H18O4. The van der Waals surface area contributed by atoms with Crippen LogP contribution < -0.4 is 0 Å². The fourth-order valence-electron chi connectivity index (χ4n) is 2.89. The fraction of sp³-hybridized carbons (Fsp3) is 0.692. The molecule has 0 amide bonds. The number of carbonyl (C=O) groups is 2. The number of unbranched alkanes of at least 4 members (excludes halogenated alkanes) is 1. The lowest BCUT2D eigenvalue weighted by molar-refractivity contribution is -0.158. The van der Waals surface area contributed by atoms with Crippen LogP contribution in [0, 0.1) is 23.7 Å². The van der Waals surface area contributed by atoms with E-state index in [1.165, 1.54) is 0 Å². The molecule has 0 aromatic heterocycles. The number of rotatable bonds is 5. The summed E-state index contributed by atoms with van der Waals surface area (Å²) in [7, 11) is 0. The van der Waals surface area contributed by atoms with Gasteiger partial charge < -0.3 is 9.84 Å². The Morgan fingerprint density at radius 2 is 1.94 bits per heavy atom. The highest BCUT2D eigenvalue weighted by Crippen LogP contribution is 2.48. The summed E-state index contributed by atoms with van der Waals surface area (Å²) in [5, 5.41) is 9.18. The van der Waals surface area contributed by atoms with Crippen molar-refractivity contribution in [1.29, 1.82) is 0 Å². The predicted molar refractivity (Wildman–Crippen MR) is 61.2 cm³/mol. The molecule has 0 aromatic carbocycles. The van der Waals surface area contributed by atoms with E-state index in [0.717, 1.165) is 19.3 Å². The van der Waals surface area contributed by atoms with Crippen molar-refractivity contribution in [3.8, 4) is 0 Å². The maximum absolute atomic E-state index is 11.9. The van der Waals surface area contributed by atoms with Crippen LogP contribution in [0.25, 0.3) is 0 Å². The van der Waals surface area contributed by atoms with Crippen molar-refractivity contribution in [3.63, 3.8) is 0 Å². The second-order valence-electron chi connectivity index (χ2n) is 4.86. The van der Waals surface area contributed by atoms with Crippen LogP contribution in [0.2, 0.25) is 0 Å². The summed E-state index contributed by atoms with van der Waals surface area (Å²) in [4.78, 5) is 23.1. The average Bonchev–Trinajstić information content (AvgIpc) is 2.88. The highest BCUT2D eigenvalue weighted by Gasteiger charge is 2.52. The molecule has 0 spiro atoms. The van der Waals surface area contributed by atoms with E-state index in [4.69, 9.17) is 4.74 Å². The van der Waals surface area contributed by atoms with E-state index in [1.54, 1.807) is 0 Å². The van der Waals surface area contributed by atoms with Gasteiger partial charge in [-0.1, -0.05) is 25.5 Å². The zero-order valence-corrected chi connectivity index (χ0v) is 9.96. The van der Waals surface area contributed by atoms with Crippen LogP contribution in [0.15, 0.2) is 12.2 Å². The molecule has 2 bridgehead atoms. The molecule has 1 fully saturated rings. The number of carboxylic acids is 1. The predicted octanol–water partition coefficient (Wildman–Crippen LogP) is 1.85. The van der Waals surface area contributed by atoms with Gasteiger partial charge in [-0.15, -0.1) is 0 Å². The topological polar surface area (TPSA) is 63.6 Å². The maximum Gasteiger partial charge on any atom is 0.310 e. The number of hydrogen-bond acceptors (Lipinski definition) is 3. The maximum atomic E-state index is 11.9. The second-order valence-corrected chi connectivity index (χ2v) is 4.86. The number of esters is 1. The lowest BCUT2D eigenvalue weighted by Crippen LogP contribution is -2.34. The number of fused-ring (bicyclic) bond motifs is 2. The van der Waals surface area contributed by atoms with E-state index in [9.17, 15) is 14.7 Å². The standard InChI is InChI=1S/C13H18O4/c1-2-3-6-17-13(16)11-9-5-4-8(7-9)10(11)12(14)15/h4-5,8-11H,2-3,6-7H2,1H3,(H,14,15)/t8?,9?,10-,11-/m0/s1. The molecule has 2 aliphatic carbocycles. The molecule has 94 valence electrons. The van der Waals surface area contributed by atoms with Gasteiger partial charge in [-0.2, -0.15) is 0 Å². The monoisotopic (exact) mass is 238 g/mol. The van der Waals surface area contributed by atoms with Crippen molar-refractivity contribution in [2.45, 2.75) is 26.2 Å². The normalized spacial score (nSPS) is 33.9. The largest absolute Gasteiger partial charge is 0.481 e. The highest BCUT2D eigenvalue weighted by molar-refractivity contribution is 5.83. The van der Waals surface area contributed by atoms with E-state index in [0.29, 0.717) is 6.61 Å². The first-order valence-electron chi connectivity index (χ1n) is 6.23. The van der Waals surface area contributed by atoms with Gasteiger partial charge in [-0.05, 0) is 24.7 Å². The molecule has 2 rings (SSSR count). The summed E-state index contributed by atoms with van der Waals surface area (Å²) in [6.07, 6.45) is 6.48. The summed E-state index contributed by atoms with van der Waals surface area (Å²) in [5.41, 5.74) is 0. The first kappa shape index (κ1) is 12.1. The summed E-state index contributed by atoms with van der Waals surface area (Å²) < 4.78 is 5.16. The molecule has 0 heterocycles. The number of carbonyl (C=O) groups excluding carboxylic acids is 1. The molecule has 0 aromatic rings. The number of aliphatic carboxylic acids is 1. The Hall–Kier alpha value is -1.32. The highest BCUT2D eigenvalue weighted by atomic mass is 16.5. The van der Waals surface area contributed by atoms with Crippen LogP contribution in [0.3, 0.4) is 0 Å². The third-order valence-electron chi connectivity index (χ3n) is 3.76. The van der Waals surface area contributed by atoms with Gasteiger partial charge >= 0.3 is 11.9 Å². The minimum absolute atomic E-state index is 0.0150. The Morgan fingerprint density at radius 1 is 1.29 bits per heavy atom. The molecule has 0 aliphatic heterocycles. The van der Waals surface area contributed by atoms with Crippen LogP contribution in [0.5, 0.6) is 0 Å². The van der Waals surface area contributed by atoms with Crippen LogP contribution >= 0.6 is 0 Å². The Kier molecular flexibility index (Phi) is 3.50. The molecule has 2 aliphatic rings. The zero-order chi connectivity index (χ0) is 12.4. The zero-order valence-electron chi connectivity index (χ0n) is 9.96. The van der Waals surface area contributed by atoms with Gasteiger partial charge in [-0.3, -0.25) is 9.59 Å². The summed E-state index contributed by atoms with van der Waals surface area (Å²) in [5.74, 6) is -2.18. The van der Waals surface area contributed by atoms with E-state index >= 15 is 0 Å². The minimum atomic E-state index is -0.876. The number of ether oxygens (including phenoxy) is 1. The van der Waals surface area contributed by atoms with Crippen molar-refractivity contribution < 1.29 is 19.4 Å². The lowest BCUT2D eigenvalue weighted by atomic mass is 9.83. The van der Waals surface area contributed by atoms with Crippen molar-refractivity contribution >= 4 is 11.9 Å². The van der Waals surface area contributed by atoms with Gasteiger partial charge in [0.2, 0.25) is 0 Å². The Labute approximate surface area is 101 Å². The molecule has 17 heavy (non-hydrogen) atoms. The summed E-state index contributed by atoms with van der Waals surface area (Å²) in [6.45, 7) is 2.42. The smallest absolute Gasteiger partial charge is 0.310 e. The quantitative estimate of drug-likeness (QED) is 0.451. The van der Waals surface area contributed by atoms with Gasteiger partial charge in [0.25, 0.3) is 0 Å². The number of hydrogen-bond donors (Lipinski definition) is 1. The van der Waals surface area contributed by atoms with Gasteiger partial charge in [-0.25, -0.2) is 0 Å². The molecule has 4 atom stereocenters. The van der Waals surface area contributed by atoms with E-state index in [-0.39, 0.29) is 17.8 Å². The third-order valence-corrected chi connectivity index (χ3v) is 3.76. The Morgan fingerprint density at radius 3 is 2.53 bits per heavy atom. The molecule has 0 saturated heterocycles. The molecule has 4 nitrogen and oxygen atoms in total. The van der Waals surface area contributed by atoms with Crippen molar-refractivity contribution in [1.82, 2.24) is 0 Å². The average molecular weight is 238 g/mol. The SMILES string of the molecule is CCCCOC(=O)[C@H]1C2C=CC(C2)[C@@H]1C(=O)O. The molecule has 0 radical (unpaired) electrons. The molecule has 1 saturated carbocycles. The van der Waals surface area contributed by atoms with Crippen LogP contribution in [-0.2, 0) is 14.3 Å². The molecule has 4 heteroatoms. The van der Waals surface area contributed by atoms with Gasteiger partial charge in [0.05, 0.1) is 18.4 Å². The second kappa shape index (κ2) is 4.90. The molecule has 2 unspecified atom stereocenters. The van der Waals surface area contributed by atoms with Gasteiger partial charge in [0, 0.05) is 0 Å². The van der Waals surface area contributed by atoms with Gasteiger partial charge in [0.15, 0.2) is 0 Å². The Balaban J connectivity index is 2.01. The van der Waals surface area contributed by atoms with Crippen LogP contribution in [-0.4, -0.2) is 23.7 Å². The molecular weight excluding hydrogens is 220 g/mol. The van der Waals surface area contributed by atoms with E-state index in [2.05, 4.69) is 0 Å². The first-order valence-corrected chi connectivity index (χ1v) is 6.23. The van der Waals surface area contributed by atoms with Gasteiger partial charge in [0.1, 0.15) is 0 Å². The van der Waals surface area contributed by atoms with Crippen molar-refractivity contribution in [3.05, 3.63) is 12.2 Å². The first-order chi connectivity index (χ1) is 8.15. The van der Waals surface area contributed by atoms with E-state index in [1.807, 2.05) is 19.1 Å². The Bertz CT molecular complexity index is 347.